The van der Waals surface area contributed by atoms with E-state index in [0.717, 1.165) is 49.9 Å². The molecule has 2 heterocycles. The molecule has 0 fully saturated rings. The molecule has 0 saturated heterocycles. The minimum Gasteiger partial charge on any atom is -0.455 e. The van der Waals surface area contributed by atoms with Gasteiger partial charge in [-0.25, -0.2) is 9.41 Å². The molecule has 2 aromatic heterocycles. The number of furan rings is 1. The smallest absolute Gasteiger partial charge is 0.216 e. The van der Waals surface area contributed by atoms with Crippen molar-refractivity contribution in [2.45, 2.75) is 26.7 Å². The van der Waals surface area contributed by atoms with Gasteiger partial charge in [-0.2, -0.15) is 0 Å². The minimum absolute atomic E-state index is 0.341. The van der Waals surface area contributed by atoms with E-state index in [1.807, 2.05) is 67.1 Å². The fourth-order valence-corrected chi connectivity index (χ4v) is 4.29. The third kappa shape index (κ3) is 3.16. The fourth-order valence-electron chi connectivity index (χ4n) is 4.29. The summed E-state index contributed by atoms with van der Waals surface area (Å²) in [5, 5.41) is 1.85. The lowest BCUT2D eigenvalue weighted by molar-refractivity contribution is -0.660. The zero-order valence-corrected chi connectivity index (χ0v) is 18.7. The van der Waals surface area contributed by atoms with Gasteiger partial charge >= 0.3 is 0 Å². The van der Waals surface area contributed by atoms with E-state index in [-0.39, 0.29) is 0 Å². The van der Waals surface area contributed by atoms with E-state index < -0.39 is 5.89 Å². The zero-order chi connectivity index (χ0) is 24.2. The number of hydrogen-bond donors (Lipinski definition) is 0. The van der Waals surface area contributed by atoms with E-state index in [2.05, 4.69) is 17.0 Å². The molecule has 0 aliphatic carbocycles. The molecule has 0 aliphatic rings. The first-order chi connectivity index (χ1) is 16.2. The molecule has 3 aromatic carbocycles. The van der Waals surface area contributed by atoms with Crippen molar-refractivity contribution < 1.29 is 11.7 Å². The maximum atomic E-state index is 8.54. The number of benzene rings is 3. The Morgan fingerprint density at radius 1 is 1.03 bits per heavy atom. The molecule has 0 spiro atoms. The molecule has 0 unspecified atom stereocenters. The highest BCUT2D eigenvalue weighted by molar-refractivity contribution is 6.14. The highest BCUT2D eigenvalue weighted by atomic mass is 16.3. The summed E-state index contributed by atoms with van der Waals surface area (Å²) in [4.78, 5) is 3.72. The summed E-state index contributed by atoms with van der Waals surface area (Å²) >= 11 is 0. The number of rotatable bonds is 3. The van der Waals surface area contributed by atoms with Crippen LogP contribution >= 0.6 is 0 Å². The summed E-state index contributed by atoms with van der Waals surface area (Å²) in [5.41, 5.74) is 7.48. The van der Waals surface area contributed by atoms with Gasteiger partial charge in [-0.15, -0.1) is 0 Å². The van der Waals surface area contributed by atoms with Gasteiger partial charge in [0, 0.05) is 29.8 Å². The van der Waals surface area contributed by atoms with Crippen molar-refractivity contribution in [3.05, 3.63) is 95.4 Å². The van der Waals surface area contributed by atoms with Crippen molar-refractivity contribution in [2.24, 2.45) is 7.05 Å². The van der Waals surface area contributed by atoms with Crippen molar-refractivity contribution in [2.75, 3.05) is 0 Å². The van der Waals surface area contributed by atoms with Crippen LogP contribution in [-0.4, -0.2) is 0 Å². The lowest BCUT2D eigenvalue weighted by atomic mass is 9.96. The predicted molar refractivity (Wildman–Crippen MR) is 131 cm³/mol. The van der Waals surface area contributed by atoms with Crippen LogP contribution in [0.15, 0.2) is 77.3 Å². The standard InChI is InChI=1S/C29H25N2O/c1-18(2)21-13-14-31(5)26(15-21)27-19(3)11-12-23-25-17-22(30-4)16-24(28(25)32-29(23)27)20-9-7-6-8-10-20/h6-18H,1-3,5H3/q+1/i13D,18D. The number of fused-ring (bicyclic) bond motifs is 3. The fraction of sp³-hybridized carbons (Fsp3) is 0.172. The van der Waals surface area contributed by atoms with Crippen LogP contribution in [0.2, 0.25) is 0 Å². The number of pyridine rings is 1. The second-order valence-corrected chi connectivity index (χ2v) is 8.41. The minimum atomic E-state index is -0.902. The lowest BCUT2D eigenvalue weighted by Gasteiger charge is -2.09. The van der Waals surface area contributed by atoms with Gasteiger partial charge < -0.3 is 4.42 Å². The molecule has 0 bridgehead atoms. The molecule has 0 N–H and O–H groups in total. The van der Waals surface area contributed by atoms with Crippen molar-refractivity contribution in [1.29, 1.82) is 0 Å². The molecule has 3 heteroatoms. The van der Waals surface area contributed by atoms with Gasteiger partial charge in [0.25, 0.3) is 0 Å². The van der Waals surface area contributed by atoms with Gasteiger partial charge in [-0.3, -0.25) is 0 Å². The number of hydrogen-bond acceptors (Lipinski definition) is 1. The summed E-state index contributed by atoms with van der Waals surface area (Å²) in [6.07, 6.45) is 1.76. The molecule has 0 atom stereocenters. The maximum absolute atomic E-state index is 8.54. The van der Waals surface area contributed by atoms with Gasteiger partial charge in [0.2, 0.25) is 5.69 Å². The summed E-state index contributed by atoms with van der Waals surface area (Å²) in [5.74, 6) is -0.902. The van der Waals surface area contributed by atoms with Crippen LogP contribution in [-0.2, 0) is 7.05 Å². The first-order valence-corrected chi connectivity index (χ1v) is 10.6. The second kappa shape index (κ2) is 7.66. The van der Waals surface area contributed by atoms with Crippen molar-refractivity contribution in [3.63, 3.8) is 0 Å². The first-order valence-electron chi connectivity index (χ1n) is 11.6. The molecule has 3 nitrogen and oxygen atoms in total. The summed E-state index contributed by atoms with van der Waals surface area (Å²) < 4.78 is 25.5. The zero-order valence-electron chi connectivity index (χ0n) is 20.7. The Bertz CT molecular complexity index is 1620. The third-order valence-corrected chi connectivity index (χ3v) is 6.02. The summed E-state index contributed by atoms with van der Waals surface area (Å²) in [6, 6.07) is 20.2. The molecule has 0 aliphatic heterocycles. The lowest BCUT2D eigenvalue weighted by Crippen LogP contribution is -2.31. The van der Waals surface area contributed by atoms with Crippen LogP contribution < -0.4 is 4.57 Å². The molecular weight excluding hydrogens is 392 g/mol. The highest BCUT2D eigenvalue weighted by Crippen LogP contribution is 2.42. The molecule has 32 heavy (non-hydrogen) atoms. The Morgan fingerprint density at radius 3 is 2.53 bits per heavy atom. The summed E-state index contributed by atoms with van der Waals surface area (Å²) in [7, 11) is 1.92. The number of aryl methyl sites for hydroxylation is 2. The molecule has 0 radical (unpaired) electrons. The van der Waals surface area contributed by atoms with E-state index >= 15 is 0 Å². The van der Waals surface area contributed by atoms with Gasteiger partial charge in [-0.1, -0.05) is 56.3 Å². The molecular formula is C29H25N2O+. The first kappa shape index (κ1) is 17.7. The Balaban J connectivity index is 1.90. The Hall–Kier alpha value is -3.90. The van der Waals surface area contributed by atoms with Gasteiger partial charge in [-0.05, 0) is 41.6 Å². The normalized spacial score (nSPS) is 12.6. The molecule has 0 saturated carbocycles. The topological polar surface area (TPSA) is 21.4 Å². The Morgan fingerprint density at radius 2 is 1.81 bits per heavy atom. The molecule has 5 aromatic rings. The van der Waals surface area contributed by atoms with Crippen molar-refractivity contribution in [3.8, 4) is 22.4 Å². The highest BCUT2D eigenvalue weighted by Gasteiger charge is 2.23. The van der Waals surface area contributed by atoms with Crippen LogP contribution in [0.5, 0.6) is 0 Å². The number of nitrogens with zero attached hydrogens (tertiary/aromatic N) is 2. The van der Waals surface area contributed by atoms with Crippen LogP contribution in [0.3, 0.4) is 0 Å². The second-order valence-electron chi connectivity index (χ2n) is 8.41. The number of aromatic nitrogens is 1. The molecule has 0 amide bonds. The van der Waals surface area contributed by atoms with E-state index in [1.165, 1.54) is 0 Å². The Labute approximate surface area is 191 Å². The van der Waals surface area contributed by atoms with Crippen LogP contribution in [0.4, 0.5) is 5.69 Å². The van der Waals surface area contributed by atoms with Gasteiger partial charge in [0.05, 0.1) is 13.5 Å². The van der Waals surface area contributed by atoms with Crippen LogP contribution in [0, 0.1) is 13.5 Å². The van der Waals surface area contributed by atoms with Crippen molar-refractivity contribution in [1.82, 2.24) is 0 Å². The summed E-state index contributed by atoms with van der Waals surface area (Å²) in [6.45, 7) is 13.3. The van der Waals surface area contributed by atoms with Gasteiger partial charge in [0.15, 0.2) is 11.9 Å². The van der Waals surface area contributed by atoms with Gasteiger partial charge in [0.1, 0.15) is 18.2 Å². The average molecular weight is 420 g/mol. The quantitative estimate of drug-likeness (QED) is 0.217. The van der Waals surface area contributed by atoms with E-state index in [0.29, 0.717) is 17.3 Å². The SMILES string of the molecule is [2H]c1c[n+](C)c(-c2c(C)ccc3c2oc2c(-c4ccccc4)cc([N+]#[C-])cc23)cc1C([2H])(C)C. The molecule has 156 valence electrons. The van der Waals surface area contributed by atoms with Crippen LogP contribution in [0.25, 0.3) is 49.2 Å². The average Bonchev–Trinajstić information content (AvgIpc) is 3.17. The largest absolute Gasteiger partial charge is 0.455 e. The molecule has 5 rings (SSSR count). The maximum Gasteiger partial charge on any atom is 0.216 e. The van der Waals surface area contributed by atoms with E-state index in [1.54, 1.807) is 20.0 Å². The Kier molecular flexibility index (Phi) is 4.25. The van der Waals surface area contributed by atoms with E-state index in [9.17, 15) is 0 Å². The monoisotopic (exact) mass is 419 g/mol. The van der Waals surface area contributed by atoms with Crippen molar-refractivity contribution >= 4 is 27.6 Å². The van der Waals surface area contributed by atoms with Crippen LogP contribution in [0.1, 0.15) is 33.6 Å². The predicted octanol–water partition coefficient (Wildman–Crippen LogP) is 7.73. The van der Waals surface area contributed by atoms with E-state index in [4.69, 9.17) is 13.7 Å². The third-order valence-electron chi connectivity index (χ3n) is 6.02.